The molecule has 0 aliphatic heterocycles. The van der Waals surface area contributed by atoms with Gasteiger partial charge in [0.25, 0.3) is 0 Å². The Bertz CT molecular complexity index is 1380. The van der Waals surface area contributed by atoms with Crippen molar-refractivity contribution in [2.75, 3.05) is 13.2 Å². The molecule has 0 aromatic heterocycles. The van der Waals surface area contributed by atoms with Crippen molar-refractivity contribution in [1.82, 2.24) is 0 Å². The van der Waals surface area contributed by atoms with E-state index in [9.17, 15) is 14.4 Å². The van der Waals surface area contributed by atoms with Crippen LogP contribution in [-0.4, -0.2) is 37.2 Å². The first kappa shape index (κ1) is 68.6. The normalized spacial score (nSPS) is 12.7. The van der Waals surface area contributed by atoms with E-state index < -0.39 is 6.10 Å². The molecule has 0 saturated carbocycles. The third-order valence-corrected chi connectivity index (χ3v) is 13.1. The van der Waals surface area contributed by atoms with Crippen molar-refractivity contribution in [3.63, 3.8) is 0 Å². The van der Waals surface area contributed by atoms with Crippen LogP contribution in [0.2, 0.25) is 0 Å². The first-order chi connectivity index (χ1) is 35.5. The van der Waals surface area contributed by atoms with E-state index in [0.717, 1.165) is 103 Å². The molecule has 0 heterocycles. The first-order valence-corrected chi connectivity index (χ1v) is 30.6. The zero-order valence-corrected chi connectivity index (χ0v) is 47.4. The van der Waals surface area contributed by atoms with Crippen LogP contribution < -0.4 is 0 Å². The van der Waals surface area contributed by atoms with Crippen LogP contribution >= 0.6 is 0 Å². The van der Waals surface area contributed by atoms with E-state index in [4.69, 9.17) is 14.2 Å². The maximum atomic E-state index is 12.9. The van der Waals surface area contributed by atoms with Crippen molar-refractivity contribution in [2.45, 2.75) is 303 Å². The van der Waals surface area contributed by atoms with E-state index in [1.807, 2.05) is 0 Å². The summed E-state index contributed by atoms with van der Waals surface area (Å²) < 4.78 is 16.9. The quantitative estimate of drug-likeness (QED) is 0.0261. The van der Waals surface area contributed by atoms with Crippen LogP contribution in [0.5, 0.6) is 0 Å². The van der Waals surface area contributed by atoms with Crippen molar-refractivity contribution in [1.29, 1.82) is 0 Å². The molecule has 0 amide bonds. The first-order valence-electron chi connectivity index (χ1n) is 30.6. The van der Waals surface area contributed by atoms with Gasteiger partial charge in [-0.15, -0.1) is 0 Å². The predicted octanol–water partition coefficient (Wildman–Crippen LogP) is 20.7. The number of hydrogen-bond acceptors (Lipinski definition) is 6. The summed E-state index contributed by atoms with van der Waals surface area (Å²) in [6, 6.07) is 0. The highest BCUT2D eigenvalue weighted by atomic mass is 16.6. The van der Waals surface area contributed by atoms with Crippen molar-refractivity contribution in [2.24, 2.45) is 0 Å². The standard InChI is InChI=1S/C66H114O6/c1-4-7-10-13-16-19-22-24-26-28-29-30-31-32-33-34-35-36-37-39-40-42-44-47-50-53-56-59-65(68)71-62-63(61-70-64(67)58-55-52-49-46-21-18-15-12-9-6-3)72-66(69)60-57-54-51-48-45-43-41-38-27-25-23-20-17-14-11-8-5-2/h7,10,16-17,19-20,24-27,29-30,32-33,63H,4-6,8-9,11-15,18,21-23,28,31,34-62H2,1-3H3/b10-7-,19-16-,20-17-,26-24-,27-25-,30-29-,33-32-. The molecule has 6 nitrogen and oxygen atoms in total. The van der Waals surface area contributed by atoms with Gasteiger partial charge in [0.1, 0.15) is 13.2 Å². The lowest BCUT2D eigenvalue weighted by molar-refractivity contribution is -0.167. The Morgan fingerprint density at radius 3 is 0.875 bits per heavy atom. The number of allylic oxidation sites excluding steroid dienone is 14. The maximum Gasteiger partial charge on any atom is 0.306 e. The molecule has 6 heteroatoms. The Morgan fingerprint density at radius 2 is 0.542 bits per heavy atom. The molecule has 0 aromatic carbocycles. The van der Waals surface area contributed by atoms with Gasteiger partial charge >= 0.3 is 17.9 Å². The van der Waals surface area contributed by atoms with Gasteiger partial charge in [-0.2, -0.15) is 0 Å². The molecule has 0 aliphatic rings. The second kappa shape index (κ2) is 60.1. The monoisotopic (exact) mass is 1000 g/mol. The van der Waals surface area contributed by atoms with Gasteiger partial charge in [-0.05, 0) is 96.3 Å². The fourth-order valence-electron chi connectivity index (χ4n) is 8.56. The van der Waals surface area contributed by atoms with Crippen LogP contribution in [-0.2, 0) is 28.6 Å². The zero-order valence-electron chi connectivity index (χ0n) is 47.4. The number of ether oxygens (including phenoxy) is 3. The highest BCUT2D eigenvalue weighted by Crippen LogP contribution is 2.16. The average Bonchev–Trinajstić information content (AvgIpc) is 3.38. The fraction of sp³-hybridized carbons (Fsp3) is 0.742. The SMILES string of the molecule is CC/C=C\C/C=C\C/C=C\C/C=C\C/C=C\CCCCCCCCCCCCCC(=O)OCC(COC(=O)CCCCCCCCCCCC)OC(=O)CCCCCCCCC/C=C\C/C=C\CCCCC. The second-order valence-electron chi connectivity index (χ2n) is 20.2. The number of rotatable bonds is 55. The number of carbonyl (C=O) groups excluding carboxylic acids is 3. The van der Waals surface area contributed by atoms with E-state index in [2.05, 4.69) is 106 Å². The topological polar surface area (TPSA) is 78.9 Å². The molecular formula is C66H114O6. The largest absolute Gasteiger partial charge is 0.462 e. The molecule has 0 spiro atoms. The van der Waals surface area contributed by atoms with Gasteiger partial charge < -0.3 is 14.2 Å². The Morgan fingerprint density at radius 1 is 0.292 bits per heavy atom. The molecule has 0 saturated heterocycles. The Balaban J connectivity index is 4.24. The summed E-state index contributed by atoms with van der Waals surface area (Å²) in [6.07, 6.45) is 78.7. The van der Waals surface area contributed by atoms with Crippen molar-refractivity contribution in [3.05, 3.63) is 85.1 Å². The summed E-state index contributed by atoms with van der Waals surface area (Å²) >= 11 is 0. The molecule has 0 aromatic rings. The molecular weight excluding hydrogens is 889 g/mol. The van der Waals surface area contributed by atoms with Crippen LogP contribution in [0, 0.1) is 0 Å². The Hall–Kier alpha value is -3.41. The lowest BCUT2D eigenvalue weighted by atomic mass is 10.0. The van der Waals surface area contributed by atoms with Gasteiger partial charge in [0, 0.05) is 19.3 Å². The summed E-state index contributed by atoms with van der Waals surface area (Å²) in [4.78, 5) is 38.2. The number of carbonyl (C=O) groups is 3. The predicted molar refractivity (Wildman–Crippen MR) is 311 cm³/mol. The highest BCUT2D eigenvalue weighted by molar-refractivity contribution is 5.71. The van der Waals surface area contributed by atoms with Crippen molar-refractivity contribution >= 4 is 17.9 Å². The van der Waals surface area contributed by atoms with E-state index in [0.29, 0.717) is 19.3 Å². The minimum absolute atomic E-state index is 0.0777. The summed E-state index contributed by atoms with van der Waals surface area (Å²) in [6.45, 7) is 6.50. The van der Waals surface area contributed by atoms with Gasteiger partial charge in [-0.3, -0.25) is 14.4 Å². The van der Waals surface area contributed by atoms with Gasteiger partial charge in [0.15, 0.2) is 6.10 Å². The van der Waals surface area contributed by atoms with E-state index in [1.54, 1.807) is 0 Å². The molecule has 0 rings (SSSR count). The molecule has 0 fully saturated rings. The van der Waals surface area contributed by atoms with Crippen LogP contribution in [0.15, 0.2) is 85.1 Å². The Labute approximate surface area is 445 Å². The molecule has 72 heavy (non-hydrogen) atoms. The molecule has 1 atom stereocenters. The molecule has 0 radical (unpaired) electrons. The smallest absolute Gasteiger partial charge is 0.306 e. The summed E-state index contributed by atoms with van der Waals surface area (Å²) in [7, 11) is 0. The third kappa shape index (κ3) is 57.5. The van der Waals surface area contributed by atoms with Gasteiger partial charge in [-0.25, -0.2) is 0 Å². The lowest BCUT2D eigenvalue weighted by Crippen LogP contribution is -2.30. The number of hydrogen-bond donors (Lipinski definition) is 0. The fourth-order valence-corrected chi connectivity index (χ4v) is 8.56. The average molecular weight is 1000 g/mol. The summed E-state index contributed by atoms with van der Waals surface area (Å²) in [5.41, 5.74) is 0. The molecule has 0 N–H and O–H groups in total. The van der Waals surface area contributed by atoms with Gasteiger partial charge in [0.2, 0.25) is 0 Å². The summed E-state index contributed by atoms with van der Waals surface area (Å²) in [5.74, 6) is -0.881. The van der Waals surface area contributed by atoms with Crippen LogP contribution in [0.4, 0.5) is 0 Å². The Kier molecular flexibility index (Phi) is 57.3. The van der Waals surface area contributed by atoms with E-state index >= 15 is 0 Å². The van der Waals surface area contributed by atoms with Gasteiger partial charge in [-0.1, -0.05) is 266 Å². The van der Waals surface area contributed by atoms with Crippen LogP contribution in [0.25, 0.3) is 0 Å². The van der Waals surface area contributed by atoms with Crippen LogP contribution in [0.3, 0.4) is 0 Å². The second-order valence-corrected chi connectivity index (χ2v) is 20.2. The van der Waals surface area contributed by atoms with Gasteiger partial charge in [0.05, 0.1) is 0 Å². The molecule has 1 unspecified atom stereocenters. The van der Waals surface area contributed by atoms with Crippen molar-refractivity contribution in [3.8, 4) is 0 Å². The summed E-state index contributed by atoms with van der Waals surface area (Å²) in [5, 5.41) is 0. The van der Waals surface area contributed by atoms with E-state index in [1.165, 1.54) is 154 Å². The molecule has 0 bridgehead atoms. The number of unbranched alkanes of at least 4 members (excludes halogenated alkanes) is 30. The van der Waals surface area contributed by atoms with Crippen molar-refractivity contribution < 1.29 is 28.6 Å². The van der Waals surface area contributed by atoms with Crippen LogP contribution in [0.1, 0.15) is 297 Å². The zero-order chi connectivity index (χ0) is 52.2. The third-order valence-electron chi connectivity index (χ3n) is 13.1. The molecule has 414 valence electrons. The minimum atomic E-state index is -0.780. The lowest BCUT2D eigenvalue weighted by Gasteiger charge is -2.18. The van der Waals surface area contributed by atoms with E-state index in [-0.39, 0.29) is 31.1 Å². The molecule has 0 aliphatic carbocycles. The highest BCUT2D eigenvalue weighted by Gasteiger charge is 2.19. The maximum absolute atomic E-state index is 12.9. The minimum Gasteiger partial charge on any atom is -0.462 e. The number of esters is 3.